The van der Waals surface area contributed by atoms with Crippen molar-refractivity contribution >= 4 is 23.1 Å². The van der Waals surface area contributed by atoms with Crippen LogP contribution < -0.4 is 10.2 Å². The Balaban J connectivity index is 1.91. The van der Waals surface area contributed by atoms with Crippen molar-refractivity contribution in [2.45, 2.75) is 27.7 Å². The molecule has 1 heterocycles. The predicted octanol–water partition coefficient (Wildman–Crippen LogP) is 4.81. The first-order chi connectivity index (χ1) is 13.0. The van der Waals surface area contributed by atoms with Crippen molar-refractivity contribution < 1.29 is 4.79 Å². The van der Waals surface area contributed by atoms with Crippen LogP contribution in [0.4, 0.5) is 17.2 Å². The van der Waals surface area contributed by atoms with Crippen molar-refractivity contribution in [3.05, 3.63) is 77.2 Å². The van der Waals surface area contributed by atoms with Crippen LogP contribution in [-0.4, -0.2) is 22.4 Å². The molecule has 0 aliphatic rings. The topological polar surface area (TPSA) is 58.1 Å². The number of carbonyl (C=O) groups excluding carboxylic acids is 1. The molecule has 0 radical (unpaired) electrons. The normalized spacial score (nSPS) is 10.5. The van der Waals surface area contributed by atoms with Crippen LogP contribution in [0.2, 0.25) is 0 Å². The van der Waals surface area contributed by atoms with Crippen LogP contribution in [-0.2, 0) is 0 Å². The molecule has 0 spiro atoms. The van der Waals surface area contributed by atoms with Gasteiger partial charge < -0.3 is 10.2 Å². The van der Waals surface area contributed by atoms with Gasteiger partial charge in [0.25, 0.3) is 5.91 Å². The van der Waals surface area contributed by atoms with Gasteiger partial charge in [-0.2, -0.15) is 0 Å². The standard InChI is InChI=1S/C22H24N4O/c1-5-26(18-9-7-6-8-10-18)22(27)20-14-21(24-17(4)23-20)25-19-12-11-15(2)13-16(19)3/h6-14H,5H2,1-4H3,(H,23,24,25). The third-order valence-corrected chi connectivity index (χ3v) is 4.33. The van der Waals surface area contributed by atoms with Gasteiger partial charge in [-0.3, -0.25) is 4.79 Å². The van der Waals surface area contributed by atoms with Gasteiger partial charge in [-0.25, -0.2) is 9.97 Å². The highest BCUT2D eigenvalue weighted by atomic mass is 16.2. The lowest BCUT2D eigenvalue weighted by Crippen LogP contribution is -2.31. The molecular weight excluding hydrogens is 336 g/mol. The fourth-order valence-electron chi connectivity index (χ4n) is 3.02. The number of carbonyl (C=O) groups is 1. The van der Waals surface area contributed by atoms with Gasteiger partial charge in [-0.05, 0) is 51.5 Å². The summed E-state index contributed by atoms with van der Waals surface area (Å²) in [5, 5.41) is 3.31. The first kappa shape index (κ1) is 18.6. The Kier molecular flexibility index (Phi) is 5.50. The van der Waals surface area contributed by atoms with Crippen LogP contribution in [0.15, 0.2) is 54.6 Å². The second-order valence-electron chi connectivity index (χ2n) is 6.51. The van der Waals surface area contributed by atoms with Crippen LogP contribution in [0.25, 0.3) is 0 Å². The number of hydrogen-bond donors (Lipinski definition) is 1. The lowest BCUT2D eigenvalue weighted by atomic mass is 10.1. The van der Waals surface area contributed by atoms with E-state index in [-0.39, 0.29) is 5.91 Å². The summed E-state index contributed by atoms with van der Waals surface area (Å²) in [4.78, 5) is 23.6. The zero-order valence-corrected chi connectivity index (χ0v) is 16.2. The molecule has 0 saturated carbocycles. The summed E-state index contributed by atoms with van der Waals surface area (Å²) in [6.45, 7) is 8.41. The van der Waals surface area contributed by atoms with Crippen LogP contribution in [0, 0.1) is 20.8 Å². The Morgan fingerprint density at radius 3 is 2.41 bits per heavy atom. The maximum atomic E-state index is 13.1. The number of hydrogen-bond acceptors (Lipinski definition) is 4. The molecule has 0 unspecified atom stereocenters. The molecule has 138 valence electrons. The van der Waals surface area contributed by atoms with Gasteiger partial charge in [0.2, 0.25) is 0 Å². The second-order valence-corrected chi connectivity index (χ2v) is 6.51. The van der Waals surface area contributed by atoms with Gasteiger partial charge in [0.15, 0.2) is 0 Å². The predicted molar refractivity (Wildman–Crippen MR) is 110 cm³/mol. The van der Waals surface area contributed by atoms with E-state index in [0.29, 0.717) is 23.9 Å². The van der Waals surface area contributed by atoms with Gasteiger partial charge in [-0.15, -0.1) is 0 Å². The number of nitrogens with zero attached hydrogens (tertiary/aromatic N) is 3. The first-order valence-corrected chi connectivity index (χ1v) is 9.05. The molecule has 2 aromatic carbocycles. The number of nitrogens with one attached hydrogen (secondary N) is 1. The Hall–Kier alpha value is -3.21. The van der Waals surface area contributed by atoms with Gasteiger partial charge in [0.05, 0.1) is 0 Å². The summed E-state index contributed by atoms with van der Waals surface area (Å²) in [5.41, 5.74) is 4.52. The van der Waals surface area contributed by atoms with Crippen LogP contribution in [0.3, 0.4) is 0 Å². The minimum absolute atomic E-state index is 0.141. The summed E-state index contributed by atoms with van der Waals surface area (Å²) in [6.07, 6.45) is 0. The fraction of sp³-hybridized carbons (Fsp3) is 0.227. The molecule has 0 aliphatic carbocycles. The highest BCUT2D eigenvalue weighted by molar-refractivity contribution is 6.05. The van der Waals surface area contributed by atoms with Gasteiger partial charge in [-0.1, -0.05) is 35.9 Å². The number of aromatic nitrogens is 2. The van der Waals surface area contributed by atoms with E-state index in [1.54, 1.807) is 17.9 Å². The molecule has 0 aliphatic heterocycles. The molecule has 3 rings (SSSR count). The zero-order chi connectivity index (χ0) is 19.4. The Morgan fingerprint density at radius 2 is 1.74 bits per heavy atom. The Bertz CT molecular complexity index is 954. The van der Waals surface area contributed by atoms with E-state index in [1.165, 1.54) is 5.56 Å². The molecule has 5 nitrogen and oxygen atoms in total. The second kappa shape index (κ2) is 7.99. The van der Waals surface area contributed by atoms with Crippen LogP contribution >= 0.6 is 0 Å². The van der Waals surface area contributed by atoms with E-state index in [4.69, 9.17) is 0 Å². The minimum atomic E-state index is -0.141. The SMILES string of the molecule is CCN(C(=O)c1cc(Nc2ccc(C)cc2C)nc(C)n1)c1ccccc1. The van der Waals surface area contributed by atoms with Gasteiger partial charge in [0, 0.05) is 24.0 Å². The Morgan fingerprint density at radius 1 is 1.00 bits per heavy atom. The average Bonchev–Trinajstić information content (AvgIpc) is 2.65. The molecule has 1 N–H and O–H groups in total. The quantitative estimate of drug-likeness (QED) is 0.709. The zero-order valence-electron chi connectivity index (χ0n) is 16.2. The van der Waals surface area contributed by atoms with E-state index in [0.717, 1.165) is 16.9 Å². The van der Waals surface area contributed by atoms with E-state index in [2.05, 4.69) is 28.3 Å². The van der Waals surface area contributed by atoms with Gasteiger partial charge in [0.1, 0.15) is 17.3 Å². The Labute approximate surface area is 160 Å². The largest absolute Gasteiger partial charge is 0.340 e. The van der Waals surface area contributed by atoms with Crippen LogP contribution in [0.5, 0.6) is 0 Å². The number of amides is 1. The molecule has 5 heteroatoms. The van der Waals surface area contributed by atoms with Crippen molar-refractivity contribution in [1.82, 2.24) is 9.97 Å². The maximum absolute atomic E-state index is 13.1. The third kappa shape index (κ3) is 4.31. The minimum Gasteiger partial charge on any atom is -0.340 e. The lowest BCUT2D eigenvalue weighted by molar-refractivity contribution is 0.0983. The van der Waals surface area contributed by atoms with Crippen molar-refractivity contribution in [1.29, 1.82) is 0 Å². The number of benzene rings is 2. The monoisotopic (exact) mass is 360 g/mol. The van der Waals surface area contributed by atoms with Crippen molar-refractivity contribution in [2.24, 2.45) is 0 Å². The van der Waals surface area contributed by atoms with Crippen LogP contribution in [0.1, 0.15) is 34.4 Å². The third-order valence-electron chi connectivity index (χ3n) is 4.33. The van der Waals surface area contributed by atoms with Crippen molar-refractivity contribution in [3.8, 4) is 0 Å². The van der Waals surface area contributed by atoms with Gasteiger partial charge >= 0.3 is 0 Å². The van der Waals surface area contributed by atoms with Crippen molar-refractivity contribution in [2.75, 3.05) is 16.8 Å². The molecule has 0 fully saturated rings. The molecule has 0 atom stereocenters. The molecule has 0 bridgehead atoms. The molecule has 0 saturated heterocycles. The maximum Gasteiger partial charge on any atom is 0.277 e. The first-order valence-electron chi connectivity index (χ1n) is 9.05. The summed E-state index contributed by atoms with van der Waals surface area (Å²) >= 11 is 0. The molecule has 1 amide bonds. The average molecular weight is 360 g/mol. The van der Waals surface area contributed by atoms with E-state index in [9.17, 15) is 4.79 Å². The van der Waals surface area contributed by atoms with E-state index >= 15 is 0 Å². The number of rotatable bonds is 5. The molecule has 1 aromatic heterocycles. The number of anilines is 3. The summed E-state index contributed by atoms with van der Waals surface area (Å²) in [6, 6.07) is 17.5. The van der Waals surface area contributed by atoms with E-state index < -0.39 is 0 Å². The smallest absolute Gasteiger partial charge is 0.277 e. The highest BCUT2D eigenvalue weighted by Crippen LogP contribution is 2.22. The molecule has 27 heavy (non-hydrogen) atoms. The van der Waals surface area contributed by atoms with Crippen molar-refractivity contribution in [3.63, 3.8) is 0 Å². The lowest BCUT2D eigenvalue weighted by Gasteiger charge is -2.21. The molecular formula is C22H24N4O. The highest BCUT2D eigenvalue weighted by Gasteiger charge is 2.19. The number of para-hydroxylation sites is 1. The summed E-state index contributed by atoms with van der Waals surface area (Å²) in [5.74, 6) is 1.03. The fourth-order valence-corrected chi connectivity index (χ4v) is 3.02. The molecule has 3 aromatic rings. The number of aryl methyl sites for hydroxylation is 3. The summed E-state index contributed by atoms with van der Waals surface area (Å²) in [7, 11) is 0. The summed E-state index contributed by atoms with van der Waals surface area (Å²) < 4.78 is 0. The van der Waals surface area contributed by atoms with E-state index in [1.807, 2.05) is 56.3 Å².